The van der Waals surface area contributed by atoms with Crippen LogP contribution < -0.4 is 9.46 Å². The first-order valence-corrected chi connectivity index (χ1v) is 14.9. The molecule has 0 saturated carbocycles. The molecule has 1 N–H and O–H groups in total. The minimum atomic E-state index is -3.91. The molecule has 0 aliphatic rings. The largest absolute Gasteiger partial charge is 0.497 e. The lowest BCUT2D eigenvalue weighted by molar-refractivity contribution is 0.102. The molecule has 0 aliphatic carbocycles. The number of carbonyl (C=O) groups is 1. The van der Waals surface area contributed by atoms with Crippen molar-refractivity contribution >= 4 is 44.1 Å². The third kappa shape index (κ3) is 5.97. The summed E-state index contributed by atoms with van der Waals surface area (Å²) < 4.78 is 64.0. The number of ketones is 1. The van der Waals surface area contributed by atoms with Gasteiger partial charge in [-0.3, -0.25) is 9.52 Å². The molecule has 5 rings (SSSR count). The molecule has 42 heavy (non-hydrogen) atoms. The Balaban J connectivity index is 1.64. The van der Waals surface area contributed by atoms with Crippen LogP contribution >= 0.6 is 11.6 Å². The highest BCUT2D eigenvalue weighted by atomic mass is 35.5. The van der Waals surface area contributed by atoms with E-state index in [1.807, 2.05) is 12.1 Å². The summed E-state index contributed by atoms with van der Waals surface area (Å²) >= 11 is 6.03. The number of pyridine rings is 1. The molecular formula is C30H25ClF2N4O4S. The van der Waals surface area contributed by atoms with Gasteiger partial charge in [0.1, 0.15) is 17.3 Å². The van der Waals surface area contributed by atoms with Crippen LogP contribution in [0, 0.1) is 11.6 Å². The van der Waals surface area contributed by atoms with Crippen molar-refractivity contribution in [2.45, 2.75) is 19.9 Å². The second-order valence-electron chi connectivity index (χ2n) is 9.49. The van der Waals surface area contributed by atoms with Crippen molar-refractivity contribution in [1.29, 1.82) is 0 Å². The van der Waals surface area contributed by atoms with E-state index >= 15 is 8.78 Å². The van der Waals surface area contributed by atoms with E-state index in [-0.39, 0.29) is 29.8 Å². The lowest BCUT2D eigenvalue weighted by Gasteiger charge is -2.11. The van der Waals surface area contributed by atoms with Gasteiger partial charge in [-0.15, -0.1) is 0 Å². The van der Waals surface area contributed by atoms with Gasteiger partial charge in [-0.1, -0.05) is 42.8 Å². The highest BCUT2D eigenvalue weighted by Crippen LogP contribution is 2.30. The van der Waals surface area contributed by atoms with Gasteiger partial charge in [0.05, 0.1) is 36.0 Å². The van der Waals surface area contributed by atoms with E-state index in [9.17, 15) is 13.2 Å². The molecule has 3 aromatic carbocycles. The van der Waals surface area contributed by atoms with Crippen molar-refractivity contribution < 1.29 is 26.7 Å². The summed E-state index contributed by atoms with van der Waals surface area (Å²) in [6.45, 7) is 1.85. The Morgan fingerprint density at radius 2 is 1.74 bits per heavy atom. The SMILES string of the molecule is CCCS(=O)(=O)Nc1ccc(F)c(C(=O)c2nn(Cc3ccc(OC)cc3)c3ncc(-c4ccc(Cl)cc4)cc23)c1F. The number of nitrogens with zero attached hydrogens (tertiary/aromatic N) is 3. The Hall–Kier alpha value is -4.35. The van der Waals surface area contributed by atoms with Crippen molar-refractivity contribution in [3.8, 4) is 16.9 Å². The Bertz CT molecular complexity index is 1890. The van der Waals surface area contributed by atoms with Gasteiger partial charge in [0.15, 0.2) is 11.5 Å². The third-order valence-corrected chi connectivity index (χ3v) is 8.26. The molecule has 216 valence electrons. The molecule has 2 aromatic heterocycles. The van der Waals surface area contributed by atoms with Gasteiger partial charge < -0.3 is 4.74 Å². The van der Waals surface area contributed by atoms with Gasteiger partial charge in [0.2, 0.25) is 15.8 Å². The van der Waals surface area contributed by atoms with Crippen LogP contribution in [0.2, 0.25) is 5.02 Å². The number of sulfonamides is 1. The number of methoxy groups -OCH3 is 1. The fourth-order valence-corrected chi connectivity index (χ4v) is 5.74. The minimum Gasteiger partial charge on any atom is -0.497 e. The Kier molecular flexibility index (Phi) is 8.24. The van der Waals surface area contributed by atoms with Crippen molar-refractivity contribution in [2.24, 2.45) is 0 Å². The summed E-state index contributed by atoms with van der Waals surface area (Å²) in [5.41, 5.74) is 0.793. The average Bonchev–Trinajstić information content (AvgIpc) is 3.32. The lowest BCUT2D eigenvalue weighted by Crippen LogP contribution is -2.19. The monoisotopic (exact) mass is 610 g/mol. The van der Waals surface area contributed by atoms with Crippen molar-refractivity contribution in [2.75, 3.05) is 17.6 Å². The molecule has 2 heterocycles. The van der Waals surface area contributed by atoms with Crippen LogP contribution in [-0.4, -0.2) is 41.8 Å². The van der Waals surface area contributed by atoms with Gasteiger partial charge in [-0.2, -0.15) is 5.10 Å². The van der Waals surface area contributed by atoms with Gasteiger partial charge in [-0.05, 0) is 60.0 Å². The molecule has 0 fully saturated rings. The molecule has 5 aromatic rings. The molecule has 0 atom stereocenters. The van der Waals surface area contributed by atoms with Crippen molar-refractivity contribution in [3.63, 3.8) is 0 Å². The predicted octanol–water partition coefficient (Wildman–Crippen LogP) is 6.47. The maximum absolute atomic E-state index is 15.6. The lowest BCUT2D eigenvalue weighted by atomic mass is 10.0. The first-order valence-electron chi connectivity index (χ1n) is 12.9. The van der Waals surface area contributed by atoms with E-state index in [1.165, 1.54) is 4.68 Å². The van der Waals surface area contributed by atoms with Gasteiger partial charge in [-0.25, -0.2) is 26.9 Å². The van der Waals surface area contributed by atoms with Crippen LogP contribution in [0.4, 0.5) is 14.5 Å². The first-order chi connectivity index (χ1) is 20.1. The summed E-state index contributed by atoms with van der Waals surface area (Å²) in [7, 11) is -2.35. The number of fused-ring (bicyclic) bond motifs is 1. The van der Waals surface area contributed by atoms with Crippen LogP contribution in [0.15, 0.2) is 72.9 Å². The molecule has 12 heteroatoms. The quantitative estimate of drug-likeness (QED) is 0.182. The van der Waals surface area contributed by atoms with Crippen LogP contribution in [-0.2, 0) is 16.6 Å². The van der Waals surface area contributed by atoms with Gasteiger partial charge >= 0.3 is 0 Å². The normalized spacial score (nSPS) is 11.5. The summed E-state index contributed by atoms with van der Waals surface area (Å²) in [5.74, 6) is -3.16. The highest BCUT2D eigenvalue weighted by Gasteiger charge is 2.28. The topological polar surface area (TPSA) is 103 Å². The third-order valence-electron chi connectivity index (χ3n) is 6.53. The summed E-state index contributed by atoms with van der Waals surface area (Å²) in [6.07, 6.45) is 1.89. The summed E-state index contributed by atoms with van der Waals surface area (Å²) in [4.78, 5) is 18.3. The zero-order valence-corrected chi connectivity index (χ0v) is 24.1. The number of benzene rings is 3. The number of anilines is 1. The molecule has 0 radical (unpaired) electrons. The maximum Gasteiger partial charge on any atom is 0.232 e. The number of hydrogen-bond acceptors (Lipinski definition) is 6. The van der Waals surface area contributed by atoms with Crippen LogP contribution in [0.25, 0.3) is 22.2 Å². The molecule has 8 nitrogen and oxygen atoms in total. The standard InChI is InChI=1S/C30H25ClF2N4O4S/c1-3-14-42(39,40)36-25-13-12-24(32)26(27(25)33)29(38)28-23-15-20(19-6-8-21(31)9-7-19)16-34-30(23)37(35-28)17-18-4-10-22(41-2)11-5-18/h4-13,15-16,36H,3,14,17H2,1-2H3. The number of ether oxygens (including phenoxy) is 1. The molecule has 0 bridgehead atoms. The Morgan fingerprint density at radius 3 is 2.40 bits per heavy atom. The smallest absolute Gasteiger partial charge is 0.232 e. The molecule has 0 unspecified atom stereocenters. The fourth-order valence-electron chi connectivity index (χ4n) is 4.49. The van der Waals surface area contributed by atoms with Crippen molar-refractivity contribution in [3.05, 3.63) is 106 Å². The summed E-state index contributed by atoms with van der Waals surface area (Å²) in [6, 6.07) is 17.6. The van der Waals surface area contributed by atoms with Gasteiger partial charge in [0.25, 0.3) is 0 Å². The number of aromatic nitrogens is 3. The van der Waals surface area contributed by atoms with Crippen molar-refractivity contribution in [1.82, 2.24) is 14.8 Å². The minimum absolute atomic E-state index is 0.197. The fraction of sp³-hybridized carbons (Fsp3) is 0.167. The highest BCUT2D eigenvalue weighted by molar-refractivity contribution is 7.92. The van der Waals surface area contributed by atoms with Crippen LogP contribution in [0.5, 0.6) is 5.75 Å². The van der Waals surface area contributed by atoms with Crippen LogP contribution in [0.1, 0.15) is 35.0 Å². The molecule has 0 aliphatic heterocycles. The number of nitrogens with one attached hydrogen (secondary N) is 1. The van der Waals surface area contributed by atoms with Gasteiger partial charge in [0, 0.05) is 16.8 Å². The zero-order chi connectivity index (χ0) is 30.0. The number of halogens is 3. The predicted molar refractivity (Wildman–Crippen MR) is 158 cm³/mol. The molecular weight excluding hydrogens is 586 g/mol. The summed E-state index contributed by atoms with van der Waals surface area (Å²) in [5, 5.41) is 5.25. The second kappa shape index (κ2) is 11.9. The first kappa shape index (κ1) is 29.2. The Morgan fingerprint density at radius 1 is 1.02 bits per heavy atom. The van der Waals surface area contributed by atoms with E-state index < -0.39 is 38.7 Å². The number of rotatable bonds is 10. The van der Waals surface area contributed by atoms with Crippen LogP contribution in [0.3, 0.4) is 0 Å². The average molecular weight is 611 g/mol. The van der Waals surface area contributed by atoms with E-state index in [0.717, 1.165) is 23.3 Å². The van der Waals surface area contributed by atoms with E-state index in [2.05, 4.69) is 14.8 Å². The van der Waals surface area contributed by atoms with E-state index in [1.54, 1.807) is 62.7 Å². The van der Waals surface area contributed by atoms with E-state index in [0.29, 0.717) is 22.0 Å². The van der Waals surface area contributed by atoms with E-state index in [4.69, 9.17) is 16.3 Å². The molecule has 0 spiro atoms. The molecule has 0 saturated heterocycles. The molecule has 0 amide bonds. The second-order valence-corrected chi connectivity index (χ2v) is 11.8. The Labute approximate surface area is 246 Å². The zero-order valence-electron chi connectivity index (χ0n) is 22.6. The number of carbonyl (C=O) groups excluding carboxylic acids is 1. The number of hydrogen-bond donors (Lipinski definition) is 1. The maximum atomic E-state index is 15.6.